The van der Waals surface area contributed by atoms with Gasteiger partial charge in [0.05, 0.1) is 12.2 Å². The Morgan fingerprint density at radius 2 is 1.61 bits per heavy atom. The van der Waals surface area contributed by atoms with Gasteiger partial charge in [0.15, 0.2) is 0 Å². The fourth-order valence-electron chi connectivity index (χ4n) is 3.01. The second-order valence-corrected chi connectivity index (χ2v) is 7.99. The molecule has 1 heterocycles. The zero-order valence-corrected chi connectivity index (χ0v) is 18.5. The Kier molecular flexibility index (Phi) is 7.20. The number of carbonyl (C=O) groups excluding carboxylic acids is 3. The van der Waals surface area contributed by atoms with Gasteiger partial charge in [-0.25, -0.2) is 4.79 Å². The van der Waals surface area contributed by atoms with Crippen molar-refractivity contribution in [3.63, 3.8) is 0 Å². The van der Waals surface area contributed by atoms with E-state index < -0.39 is 5.97 Å². The third-order valence-corrected chi connectivity index (χ3v) is 5.86. The highest BCUT2D eigenvalue weighted by atomic mass is 32.1. The van der Waals surface area contributed by atoms with E-state index >= 15 is 0 Å². The van der Waals surface area contributed by atoms with Crippen LogP contribution < -0.4 is 10.6 Å². The summed E-state index contributed by atoms with van der Waals surface area (Å²) in [5.74, 6) is -1.24. The van der Waals surface area contributed by atoms with E-state index in [0.29, 0.717) is 27.5 Å². The van der Waals surface area contributed by atoms with Gasteiger partial charge in [0.25, 0.3) is 11.8 Å². The summed E-state index contributed by atoms with van der Waals surface area (Å²) in [7, 11) is 0. The Bertz CT molecular complexity index is 1090. The van der Waals surface area contributed by atoms with Crippen molar-refractivity contribution >= 4 is 34.1 Å². The molecule has 3 aromatic rings. The second-order valence-electron chi connectivity index (χ2n) is 6.97. The number of aryl methyl sites for hydroxylation is 1. The van der Waals surface area contributed by atoms with Gasteiger partial charge >= 0.3 is 5.97 Å². The fourth-order valence-corrected chi connectivity index (χ4v) is 4.11. The Hall–Kier alpha value is -3.45. The van der Waals surface area contributed by atoms with Crippen LogP contribution in [0.25, 0.3) is 0 Å². The van der Waals surface area contributed by atoms with Crippen LogP contribution >= 0.6 is 11.3 Å². The minimum Gasteiger partial charge on any atom is -0.462 e. The topological polar surface area (TPSA) is 84.5 Å². The van der Waals surface area contributed by atoms with Crippen molar-refractivity contribution in [1.29, 1.82) is 0 Å². The molecule has 160 valence electrons. The van der Waals surface area contributed by atoms with Gasteiger partial charge in [-0.05, 0) is 44.0 Å². The molecular weight excluding hydrogens is 412 g/mol. The molecule has 0 aliphatic rings. The van der Waals surface area contributed by atoms with Crippen LogP contribution in [-0.4, -0.2) is 24.4 Å². The normalized spacial score (nSPS) is 10.4. The molecule has 6 nitrogen and oxygen atoms in total. The van der Waals surface area contributed by atoms with Crippen LogP contribution in [0, 0.1) is 13.8 Å². The predicted octanol–water partition coefficient (Wildman–Crippen LogP) is 4.72. The van der Waals surface area contributed by atoms with E-state index in [0.717, 1.165) is 22.5 Å². The number of esters is 1. The highest BCUT2D eigenvalue weighted by Gasteiger charge is 2.26. The maximum Gasteiger partial charge on any atom is 0.348 e. The zero-order valence-electron chi connectivity index (χ0n) is 17.7. The lowest BCUT2D eigenvalue weighted by molar-refractivity contribution is 0.0531. The molecule has 0 saturated heterocycles. The summed E-state index contributed by atoms with van der Waals surface area (Å²) in [4.78, 5) is 38.4. The van der Waals surface area contributed by atoms with E-state index in [1.165, 1.54) is 0 Å². The van der Waals surface area contributed by atoms with E-state index in [2.05, 4.69) is 10.6 Å². The smallest absolute Gasteiger partial charge is 0.348 e. The molecule has 0 spiro atoms. The average molecular weight is 437 g/mol. The van der Waals surface area contributed by atoms with Crippen molar-refractivity contribution < 1.29 is 19.1 Å². The molecule has 0 radical (unpaired) electrons. The number of amides is 2. The molecule has 0 bridgehead atoms. The SMILES string of the molecule is CCOC(=O)c1sc(NC(=O)c2ccc(C)cc2)c(C(=O)NCc2ccccc2)c1C. The van der Waals surface area contributed by atoms with E-state index in [9.17, 15) is 14.4 Å². The first-order valence-corrected chi connectivity index (χ1v) is 10.7. The molecule has 0 aliphatic heterocycles. The van der Waals surface area contributed by atoms with Crippen molar-refractivity contribution in [3.8, 4) is 0 Å². The molecule has 2 N–H and O–H groups in total. The Labute approximate surface area is 185 Å². The van der Waals surface area contributed by atoms with Gasteiger partial charge in [0, 0.05) is 12.1 Å². The van der Waals surface area contributed by atoms with Crippen LogP contribution in [0.2, 0.25) is 0 Å². The number of rotatable bonds is 7. The quantitative estimate of drug-likeness (QED) is 0.525. The molecule has 0 unspecified atom stereocenters. The zero-order chi connectivity index (χ0) is 22.4. The second kappa shape index (κ2) is 10.0. The molecule has 7 heteroatoms. The lowest BCUT2D eigenvalue weighted by atomic mass is 10.1. The number of anilines is 1. The van der Waals surface area contributed by atoms with Crippen molar-refractivity contribution in [2.24, 2.45) is 0 Å². The van der Waals surface area contributed by atoms with Crippen LogP contribution in [0.1, 0.15) is 54.0 Å². The number of nitrogens with one attached hydrogen (secondary N) is 2. The van der Waals surface area contributed by atoms with Gasteiger partial charge in [0.2, 0.25) is 0 Å². The van der Waals surface area contributed by atoms with Gasteiger partial charge in [-0.3, -0.25) is 9.59 Å². The summed E-state index contributed by atoms with van der Waals surface area (Å²) in [6.07, 6.45) is 0. The molecule has 0 atom stereocenters. The highest BCUT2D eigenvalue weighted by molar-refractivity contribution is 7.18. The van der Waals surface area contributed by atoms with Crippen molar-refractivity contribution in [2.75, 3.05) is 11.9 Å². The Morgan fingerprint density at radius 1 is 0.935 bits per heavy atom. The summed E-state index contributed by atoms with van der Waals surface area (Å²) >= 11 is 1.04. The minimum absolute atomic E-state index is 0.219. The van der Waals surface area contributed by atoms with Gasteiger partial charge in [0.1, 0.15) is 9.88 Å². The van der Waals surface area contributed by atoms with E-state index in [1.807, 2.05) is 49.4 Å². The van der Waals surface area contributed by atoms with E-state index in [1.54, 1.807) is 26.0 Å². The van der Waals surface area contributed by atoms with Crippen LogP contribution in [0.5, 0.6) is 0 Å². The molecule has 3 rings (SSSR count). The van der Waals surface area contributed by atoms with Crippen molar-refractivity contribution in [2.45, 2.75) is 27.3 Å². The van der Waals surface area contributed by atoms with Gasteiger partial charge in [-0.1, -0.05) is 48.0 Å². The number of thiophene rings is 1. The first kappa shape index (κ1) is 22.2. The van der Waals surface area contributed by atoms with Gasteiger partial charge in [-0.2, -0.15) is 0 Å². The molecule has 0 fully saturated rings. The van der Waals surface area contributed by atoms with Gasteiger partial charge in [-0.15, -0.1) is 11.3 Å². The third kappa shape index (κ3) is 5.38. The van der Waals surface area contributed by atoms with Crippen LogP contribution in [0.4, 0.5) is 5.00 Å². The third-order valence-electron chi connectivity index (χ3n) is 4.67. The van der Waals surface area contributed by atoms with Crippen LogP contribution in [0.3, 0.4) is 0 Å². The van der Waals surface area contributed by atoms with Crippen molar-refractivity contribution in [1.82, 2.24) is 5.32 Å². The predicted molar refractivity (Wildman–Crippen MR) is 122 cm³/mol. The monoisotopic (exact) mass is 436 g/mol. The molecule has 31 heavy (non-hydrogen) atoms. The first-order valence-electron chi connectivity index (χ1n) is 9.91. The summed E-state index contributed by atoms with van der Waals surface area (Å²) in [5.41, 5.74) is 3.19. The lowest BCUT2D eigenvalue weighted by Gasteiger charge is -2.09. The maximum atomic E-state index is 13.0. The summed E-state index contributed by atoms with van der Waals surface area (Å²) < 4.78 is 5.12. The molecule has 1 aromatic heterocycles. The van der Waals surface area contributed by atoms with E-state index in [4.69, 9.17) is 4.74 Å². The number of ether oxygens (including phenoxy) is 1. The Balaban J connectivity index is 1.89. The maximum absolute atomic E-state index is 13.0. The molecule has 2 aromatic carbocycles. The minimum atomic E-state index is -0.516. The van der Waals surface area contributed by atoms with Crippen LogP contribution in [0.15, 0.2) is 54.6 Å². The summed E-state index contributed by atoms with van der Waals surface area (Å²) in [6.45, 7) is 5.88. The van der Waals surface area contributed by atoms with E-state index in [-0.39, 0.29) is 24.0 Å². The Morgan fingerprint density at radius 3 is 2.26 bits per heavy atom. The highest BCUT2D eigenvalue weighted by Crippen LogP contribution is 2.34. The fraction of sp³-hybridized carbons (Fsp3) is 0.208. The molecular formula is C24H24N2O4S. The first-order chi connectivity index (χ1) is 14.9. The van der Waals surface area contributed by atoms with Crippen molar-refractivity contribution in [3.05, 3.63) is 87.3 Å². The molecule has 0 saturated carbocycles. The molecule has 0 aliphatic carbocycles. The summed E-state index contributed by atoms with van der Waals surface area (Å²) in [6, 6.07) is 16.6. The van der Waals surface area contributed by atoms with Crippen LogP contribution in [-0.2, 0) is 11.3 Å². The number of hydrogen-bond donors (Lipinski definition) is 2. The number of benzene rings is 2. The molecule has 2 amide bonds. The lowest BCUT2D eigenvalue weighted by Crippen LogP contribution is -2.25. The number of carbonyl (C=O) groups is 3. The van der Waals surface area contributed by atoms with Gasteiger partial charge < -0.3 is 15.4 Å². The standard InChI is InChI=1S/C24H24N2O4S/c1-4-30-24(29)20-16(3)19(22(28)25-14-17-8-6-5-7-9-17)23(31-20)26-21(27)18-12-10-15(2)11-13-18/h5-13H,4,14H2,1-3H3,(H,25,28)(H,26,27). The summed E-state index contributed by atoms with van der Waals surface area (Å²) in [5, 5.41) is 5.98. The average Bonchev–Trinajstić information content (AvgIpc) is 3.09. The number of hydrogen-bond acceptors (Lipinski definition) is 5. The largest absolute Gasteiger partial charge is 0.462 e.